The van der Waals surface area contributed by atoms with Crippen LogP contribution in [0.4, 0.5) is 0 Å². The Morgan fingerprint density at radius 3 is 3.00 bits per heavy atom. The first-order valence-corrected chi connectivity index (χ1v) is 6.13. The number of esters is 1. The molecular weight excluding hydrogens is 270 g/mol. The Kier molecular flexibility index (Phi) is 3.61. The van der Waals surface area contributed by atoms with Crippen molar-refractivity contribution < 1.29 is 9.53 Å². The molecule has 86 valence electrons. The van der Waals surface area contributed by atoms with Crippen LogP contribution >= 0.6 is 15.9 Å². The van der Waals surface area contributed by atoms with Gasteiger partial charge in [-0.1, -0.05) is 22.0 Å². The van der Waals surface area contributed by atoms with Crippen molar-refractivity contribution in [3.05, 3.63) is 33.8 Å². The molecule has 0 radical (unpaired) electrons. The second-order valence-corrected chi connectivity index (χ2v) is 4.79. The fraction of sp³-hybridized carbons (Fsp3) is 0.417. The summed E-state index contributed by atoms with van der Waals surface area (Å²) in [6.45, 7) is 1.02. The van der Waals surface area contributed by atoms with Crippen LogP contribution in [0.3, 0.4) is 0 Å². The van der Waals surface area contributed by atoms with E-state index >= 15 is 0 Å². The van der Waals surface area contributed by atoms with Gasteiger partial charge in [0.15, 0.2) is 0 Å². The molecular formula is C12H14BrNO2. The maximum absolute atomic E-state index is 11.7. The number of carbonyl (C=O) groups is 1. The van der Waals surface area contributed by atoms with Crippen LogP contribution in [0, 0.1) is 0 Å². The zero-order chi connectivity index (χ0) is 11.5. The predicted octanol–water partition coefficient (Wildman–Crippen LogP) is 2.66. The van der Waals surface area contributed by atoms with Gasteiger partial charge in [-0.2, -0.15) is 0 Å². The van der Waals surface area contributed by atoms with Crippen LogP contribution in [0.2, 0.25) is 0 Å². The van der Waals surface area contributed by atoms with Crippen molar-refractivity contribution in [3.63, 3.8) is 0 Å². The minimum atomic E-state index is -0.273. The molecule has 1 aromatic rings. The number of benzene rings is 1. The lowest BCUT2D eigenvalue weighted by Crippen LogP contribution is -2.17. The summed E-state index contributed by atoms with van der Waals surface area (Å²) in [6, 6.07) is 6.05. The summed E-state index contributed by atoms with van der Waals surface area (Å²) in [5.41, 5.74) is 1.68. The molecule has 1 aliphatic heterocycles. The molecule has 2 rings (SSSR count). The Morgan fingerprint density at radius 1 is 1.56 bits per heavy atom. The van der Waals surface area contributed by atoms with Crippen LogP contribution in [0.1, 0.15) is 34.8 Å². The Hall–Kier alpha value is -0.870. The lowest BCUT2D eigenvalue weighted by atomic mass is 9.99. The van der Waals surface area contributed by atoms with Gasteiger partial charge in [-0.25, -0.2) is 4.79 Å². The Labute approximate surface area is 103 Å². The fourth-order valence-corrected chi connectivity index (χ4v) is 2.43. The number of hydrogen-bond acceptors (Lipinski definition) is 3. The first-order chi connectivity index (χ1) is 7.72. The van der Waals surface area contributed by atoms with Gasteiger partial charge in [-0.05, 0) is 37.1 Å². The lowest BCUT2D eigenvalue weighted by Gasteiger charge is -2.14. The summed E-state index contributed by atoms with van der Waals surface area (Å²) in [7, 11) is 1.41. The van der Waals surface area contributed by atoms with Crippen molar-refractivity contribution >= 4 is 21.9 Å². The molecule has 16 heavy (non-hydrogen) atoms. The number of halogens is 1. The third-order valence-electron chi connectivity index (χ3n) is 2.86. The van der Waals surface area contributed by atoms with E-state index in [1.54, 1.807) is 0 Å². The average molecular weight is 284 g/mol. The van der Waals surface area contributed by atoms with E-state index in [1.165, 1.54) is 7.11 Å². The summed E-state index contributed by atoms with van der Waals surface area (Å²) in [5.74, 6) is -0.273. The van der Waals surface area contributed by atoms with Crippen molar-refractivity contribution in [1.29, 1.82) is 0 Å². The summed E-state index contributed by atoms with van der Waals surface area (Å²) < 4.78 is 5.70. The largest absolute Gasteiger partial charge is 0.465 e. The monoisotopic (exact) mass is 283 g/mol. The highest BCUT2D eigenvalue weighted by atomic mass is 79.9. The smallest absolute Gasteiger partial charge is 0.338 e. The number of carbonyl (C=O) groups excluding carboxylic acids is 1. The summed E-state index contributed by atoms with van der Waals surface area (Å²) in [6.07, 6.45) is 2.23. The molecule has 1 N–H and O–H groups in total. The van der Waals surface area contributed by atoms with Gasteiger partial charge in [-0.3, -0.25) is 0 Å². The van der Waals surface area contributed by atoms with Crippen LogP contribution < -0.4 is 5.32 Å². The molecule has 1 saturated heterocycles. The van der Waals surface area contributed by atoms with Crippen molar-refractivity contribution in [3.8, 4) is 0 Å². The molecule has 1 atom stereocenters. The van der Waals surface area contributed by atoms with Crippen LogP contribution in [0.5, 0.6) is 0 Å². The quantitative estimate of drug-likeness (QED) is 0.848. The van der Waals surface area contributed by atoms with Gasteiger partial charge in [0.2, 0.25) is 0 Å². The second kappa shape index (κ2) is 4.97. The van der Waals surface area contributed by atoms with Crippen LogP contribution in [0.25, 0.3) is 0 Å². The number of nitrogens with one attached hydrogen (secondary N) is 1. The zero-order valence-electron chi connectivity index (χ0n) is 9.13. The number of rotatable bonds is 2. The highest BCUT2D eigenvalue weighted by molar-refractivity contribution is 9.10. The highest BCUT2D eigenvalue weighted by Gasteiger charge is 2.22. The van der Waals surface area contributed by atoms with Gasteiger partial charge < -0.3 is 10.1 Å². The molecule has 0 amide bonds. The van der Waals surface area contributed by atoms with Gasteiger partial charge in [0, 0.05) is 10.5 Å². The minimum absolute atomic E-state index is 0.273. The highest BCUT2D eigenvalue weighted by Crippen LogP contribution is 2.28. The molecule has 4 heteroatoms. The average Bonchev–Trinajstić information content (AvgIpc) is 2.81. The maximum Gasteiger partial charge on any atom is 0.338 e. The second-order valence-electron chi connectivity index (χ2n) is 3.87. The van der Waals surface area contributed by atoms with Gasteiger partial charge >= 0.3 is 5.97 Å². The van der Waals surface area contributed by atoms with Crippen molar-refractivity contribution in [2.75, 3.05) is 13.7 Å². The molecule has 0 aliphatic carbocycles. The third-order valence-corrected chi connectivity index (χ3v) is 3.35. The van der Waals surface area contributed by atoms with Crippen LogP contribution in [0.15, 0.2) is 22.7 Å². The number of ether oxygens (including phenoxy) is 1. The van der Waals surface area contributed by atoms with E-state index in [4.69, 9.17) is 4.74 Å². The topological polar surface area (TPSA) is 38.3 Å². The van der Waals surface area contributed by atoms with E-state index in [-0.39, 0.29) is 12.0 Å². The lowest BCUT2D eigenvalue weighted by molar-refractivity contribution is 0.0598. The van der Waals surface area contributed by atoms with Gasteiger partial charge in [0.05, 0.1) is 12.7 Å². The van der Waals surface area contributed by atoms with Gasteiger partial charge in [-0.15, -0.1) is 0 Å². The Bertz CT molecular complexity index is 400. The maximum atomic E-state index is 11.7. The molecule has 0 aromatic heterocycles. The fourth-order valence-electron chi connectivity index (χ4n) is 2.07. The molecule has 3 nitrogen and oxygen atoms in total. The molecule has 1 aromatic carbocycles. The first kappa shape index (κ1) is 11.6. The molecule has 1 aliphatic rings. The van der Waals surface area contributed by atoms with E-state index in [1.807, 2.05) is 18.2 Å². The number of methoxy groups -OCH3 is 1. The molecule has 0 unspecified atom stereocenters. The van der Waals surface area contributed by atoms with Gasteiger partial charge in [0.1, 0.15) is 0 Å². The molecule has 1 fully saturated rings. The summed E-state index contributed by atoms with van der Waals surface area (Å²) in [4.78, 5) is 11.7. The molecule has 0 spiro atoms. The van der Waals surface area contributed by atoms with E-state index in [2.05, 4.69) is 21.2 Å². The molecule has 1 heterocycles. The third kappa shape index (κ3) is 2.28. The normalized spacial score (nSPS) is 19.8. The van der Waals surface area contributed by atoms with E-state index in [0.29, 0.717) is 5.56 Å². The van der Waals surface area contributed by atoms with E-state index in [9.17, 15) is 4.79 Å². The van der Waals surface area contributed by atoms with Crippen LogP contribution in [-0.4, -0.2) is 19.6 Å². The minimum Gasteiger partial charge on any atom is -0.465 e. The standard InChI is InChI=1S/C12H14BrNO2/c1-16-12(15)10-7-8(13)4-5-9(10)11-3-2-6-14-11/h4-5,7,11,14H,2-3,6H2,1H3/t11-/m1/s1. The SMILES string of the molecule is COC(=O)c1cc(Br)ccc1[C@H]1CCCN1. The summed E-state index contributed by atoms with van der Waals surface area (Å²) >= 11 is 3.37. The zero-order valence-corrected chi connectivity index (χ0v) is 10.7. The molecule has 0 saturated carbocycles. The van der Waals surface area contributed by atoms with Gasteiger partial charge in [0.25, 0.3) is 0 Å². The predicted molar refractivity (Wildman–Crippen MR) is 65.5 cm³/mol. The first-order valence-electron chi connectivity index (χ1n) is 5.33. The van der Waals surface area contributed by atoms with Crippen LogP contribution in [-0.2, 0) is 4.74 Å². The number of hydrogen-bond donors (Lipinski definition) is 1. The van der Waals surface area contributed by atoms with Crippen molar-refractivity contribution in [2.24, 2.45) is 0 Å². The van der Waals surface area contributed by atoms with E-state index < -0.39 is 0 Å². The summed E-state index contributed by atoms with van der Waals surface area (Å²) in [5, 5.41) is 3.39. The van der Waals surface area contributed by atoms with E-state index in [0.717, 1.165) is 29.4 Å². The van der Waals surface area contributed by atoms with Crippen molar-refractivity contribution in [2.45, 2.75) is 18.9 Å². The Morgan fingerprint density at radius 2 is 2.38 bits per heavy atom. The van der Waals surface area contributed by atoms with Crippen molar-refractivity contribution in [1.82, 2.24) is 5.32 Å². The molecule has 0 bridgehead atoms. The Balaban J connectivity index is 2.38.